The minimum Gasteiger partial charge on any atom is -0.344 e. The first kappa shape index (κ1) is 14.6. The third-order valence-electron chi connectivity index (χ3n) is 3.40. The van der Waals surface area contributed by atoms with Gasteiger partial charge < -0.3 is 5.32 Å². The molecule has 0 saturated carbocycles. The average molecular weight is 320 g/mol. The van der Waals surface area contributed by atoms with Crippen molar-refractivity contribution in [2.24, 2.45) is 0 Å². The number of nitrogens with one attached hydrogen (secondary N) is 2. The molecule has 2 N–H and O–H groups in total. The highest BCUT2D eigenvalue weighted by atomic mass is 32.1. The lowest BCUT2D eigenvalue weighted by molar-refractivity contribution is -0.122. The van der Waals surface area contributed by atoms with Gasteiger partial charge in [0.05, 0.1) is 0 Å². The number of aromatic nitrogens is 2. The number of benzene rings is 1. The third kappa shape index (κ3) is 2.96. The molecule has 0 bridgehead atoms. The van der Waals surface area contributed by atoms with Crippen LogP contribution in [-0.4, -0.2) is 28.1 Å². The zero-order valence-corrected chi connectivity index (χ0v) is 12.5. The molecule has 1 atom stereocenters. The number of nitrogens with zero attached hydrogens (tertiary/aromatic N) is 2. The molecular weight excluding hydrogens is 307 g/mol. The highest BCUT2D eigenvalue weighted by Crippen LogP contribution is 2.29. The first-order valence-electron chi connectivity index (χ1n) is 6.73. The van der Waals surface area contributed by atoms with Gasteiger partial charge in [-0.1, -0.05) is 17.4 Å². The summed E-state index contributed by atoms with van der Waals surface area (Å²) in [7, 11) is 0. The van der Waals surface area contributed by atoms with E-state index in [-0.39, 0.29) is 17.6 Å². The lowest BCUT2D eigenvalue weighted by Gasteiger charge is -2.07. The molecule has 6 nitrogen and oxygen atoms in total. The van der Waals surface area contributed by atoms with Crippen molar-refractivity contribution in [2.45, 2.75) is 25.8 Å². The first-order chi connectivity index (χ1) is 10.5. The van der Waals surface area contributed by atoms with Crippen LogP contribution in [0.4, 0.5) is 9.52 Å². The maximum absolute atomic E-state index is 13.3. The number of hydrogen-bond donors (Lipinski definition) is 2. The monoisotopic (exact) mass is 320 g/mol. The fourth-order valence-electron chi connectivity index (χ4n) is 2.21. The molecule has 1 unspecified atom stereocenters. The molecule has 3 rings (SSSR count). The Morgan fingerprint density at radius 3 is 3.00 bits per heavy atom. The fraction of sp³-hybridized carbons (Fsp3) is 0.286. The molecule has 22 heavy (non-hydrogen) atoms. The molecule has 114 valence electrons. The van der Waals surface area contributed by atoms with Gasteiger partial charge in [-0.15, -0.1) is 10.2 Å². The molecule has 1 aromatic heterocycles. The number of hydrogen-bond acceptors (Lipinski definition) is 5. The number of aryl methyl sites for hydroxylation is 1. The van der Waals surface area contributed by atoms with Crippen molar-refractivity contribution in [3.05, 3.63) is 29.6 Å². The molecule has 0 radical (unpaired) electrons. The Morgan fingerprint density at radius 1 is 1.45 bits per heavy atom. The van der Waals surface area contributed by atoms with Gasteiger partial charge in [-0.2, -0.15) is 0 Å². The molecule has 8 heteroatoms. The predicted octanol–water partition coefficient (Wildman–Crippen LogP) is 1.87. The highest BCUT2D eigenvalue weighted by molar-refractivity contribution is 7.18. The van der Waals surface area contributed by atoms with E-state index in [1.807, 2.05) is 6.92 Å². The van der Waals surface area contributed by atoms with Crippen LogP contribution in [0.25, 0.3) is 10.6 Å². The van der Waals surface area contributed by atoms with E-state index in [4.69, 9.17) is 0 Å². The molecule has 1 fully saturated rings. The van der Waals surface area contributed by atoms with Crippen LogP contribution in [-0.2, 0) is 9.59 Å². The van der Waals surface area contributed by atoms with Crippen LogP contribution in [0.1, 0.15) is 18.4 Å². The Balaban J connectivity index is 1.75. The molecule has 0 aliphatic carbocycles. The second kappa shape index (κ2) is 5.80. The number of rotatable bonds is 3. The van der Waals surface area contributed by atoms with Gasteiger partial charge >= 0.3 is 0 Å². The first-order valence-corrected chi connectivity index (χ1v) is 7.55. The van der Waals surface area contributed by atoms with Crippen LogP contribution in [0, 0.1) is 12.7 Å². The minimum absolute atomic E-state index is 0.131. The molecular formula is C14H13FN4O2S. The van der Waals surface area contributed by atoms with Crippen LogP contribution >= 0.6 is 11.3 Å². The van der Waals surface area contributed by atoms with E-state index in [1.165, 1.54) is 12.1 Å². The lowest BCUT2D eigenvalue weighted by Crippen LogP contribution is -2.37. The van der Waals surface area contributed by atoms with Crippen molar-refractivity contribution in [2.75, 3.05) is 5.32 Å². The van der Waals surface area contributed by atoms with Gasteiger partial charge in [0, 0.05) is 12.0 Å². The Bertz CT molecular complexity index is 746. The topological polar surface area (TPSA) is 84.0 Å². The number of halogens is 1. The van der Waals surface area contributed by atoms with Crippen molar-refractivity contribution in [3.8, 4) is 10.6 Å². The largest absolute Gasteiger partial charge is 0.344 e. The molecule has 1 aliphatic rings. The molecule has 2 amide bonds. The number of carbonyl (C=O) groups is 2. The van der Waals surface area contributed by atoms with E-state index < -0.39 is 6.04 Å². The van der Waals surface area contributed by atoms with Crippen LogP contribution in [0.15, 0.2) is 18.2 Å². The molecule has 1 aromatic carbocycles. The predicted molar refractivity (Wildman–Crippen MR) is 79.8 cm³/mol. The molecule has 2 aromatic rings. The van der Waals surface area contributed by atoms with Crippen LogP contribution < -0.4 is 10.6 Å². The van der Waals surface area contributed by atoms with Gasteiger partial charge in [0.15, 0.2) is 0 Å². The maximum Gasteiger partial charge on any atom is 0.248 e. The van der Waals surface area contributed by atoms with Gasteiger partial charge in [-0.25, -0.2) is 4.39 Å². The highest BCUT2D eigenvalue weighted by Gasteiger charge is 2.27. The van der Waals surface area contributed by atoms with Crippen LogP contribution in [0.2, 0.25) is 0 Å². The lowest BCUT2D eigenvalue weighted by atomic mass is 10.1. The summed E-state index contributed by atoms with van der Waals surface area (Å²) < 4.78 is 13.3. The van der Waals surface area contributed by atoms with E-state index in [0.717, 1.165) is 16.9 Å². The summed E-state index contributed by atoms with van der Waals surface area (Å²) in [6.45, 7) is 1.85. The number of amides is 2. The summed E-state index contributed by atoms with van der Waals surface area (Å²) >= 11 is 1.16. The van der Waals surface area contributed by atoms with E-state index in [0.29, 0.717) is 28.5 Å². The molecule has 1 aliphatic heterocycles. The number of anilines is 1. The zero-order valence-electron chi connectivity index (χ0n) is 11.7. The summed E-state index contributed by atoms with van der Waals surface area (Å²) in [5.41, 5.74) is 1.52. The second-order valence-corrected chi connectivity index (χ2v) is 6.00. The Morgan fingerprint density at radius 2 is 2.27 bits per heavy atom. The van der Waals surface area contributed by atoms with Crippen molar-refractivity contribution in [1.82, 2.24) is 15.5 Å². The Labute approximate surface area is 129 Å². The summed E-state index contributed by atoms with van der Waals surface area (Å²) in [5, 5.41) is 13.9. The Hall–Kier alpha value is -2.35. The average Bonchev–Trinajstić information content (AvgIpc) is 3.11. The van der Waals surface area contributed by atoms with Gasteiger partial charge in [0.25, 0.3) is 0 Å². The maximum atomic E-state index is 13.3. The summed E-state index contributed by atoms with van der Waals surface area (Å²) in [6.07, 6.45) is 0.821. The van der Waals surface area contributed by atoms with Gasteiger partial charge in [-0.3, -0.25) is 14.9 Å². The van der Waals surface area contributed by atoms with E-state index in [2.05, 4.69) is 20.8 Å². The minimum atomic E-state index is -0.532. The summed E-state index contributed by atoms with van der Waals surface area (Å²) in [6, 6.07) is 3.90. The van der Waals surface area contributed by atoms with Crippen molar-refractivity contribution >= 4 is 28.3 Å². The summed E-state index contributed by atoms with van der Waals surface area (Å²) in [5.74, 6) is -0.798. The van der Waals surface area contributed by atoms with Crippen molar-refractivity contribution in [1.29, 1.82) is 0 Å². The van der Waals surface area contributed by atoms with Gasteiger partial charge in [-0.05, 0) is 31.0 Å². The van der Waals surface area contributed by atoms with Crippen molar-refractivity contribution in [3.63, 3.8) is 0 Å². The smallest absolute Gasteiger partial charge is 0.248 e. The van der Waals surface area contributed by atoms with Gasteiger partial charge in [0.2, 0.25) is 16.9 Å². The Kier molecular flexibility index (Phi) is 3.84. The molecule has 1 saturated heterocycles. The molecule has 2 heterocycles. The van der Waals surface area contributed by atoms with Crippen LogP contribution in [0.3, 0.4) is 0 Å². The standard InChI is InChI=1S/C14H13FN4O2S/c1-7-2-3-8(15)6-9(7)13-18-19-14(22-13)17-12(21)10-4-5-11(20)16-10/h2-3,6,10H,4-5H2,1H3,(H,16,20)(H,17,19,21). The second-order valence-electron chi connectivity index (χ2n) is 5.02. The van der Waals surface area contributed by atoms with Crippen LogP contribution in [0.5, 0.6) is 0 Å². The number of carbonyl (C=O) groups excluding carboxylic acids is 2. The SMILES string of the molecule is Cc1ccc(F)cc1-c1nnc(NC(=O)C2CCC(=O)N2)s1. The van der Waals surface area contributed by atoms with Gasteiger partial charge in [0.1, 0.15) is 16.9 Å². The zero-order chi connectivity index (χ0) is 15.7. The van der Waals surface area contributed by atoms with Crippen molar-refractivity contribution < 1.29 is 14.0 Å². The van der Waals surface area contributed by atoms with E-state index >= 15 is 0 Å². The quantitative estimate of drug-likeness (QED) is 0.904. The summed E-state index contributed by atoms with van der Waals surface area (Å²) in [4.78, 5) is 23.1. The van der Waals surface area contributed by atoms with E-state index in [9.17, 15) is 14.0 Å². The normalized spacial score (nSPS) is 17.4. The fourth-order valence-corrected chi connectivity index (χ4v) is 3.04. The third-order valence-corrected chi connectivity index (χ3v) is 4.27. The van der Waals surface area contributed by atoms with E-state index in [1.54, 1.807) is 6.07 Å². The molecule has 0 spiro atoms.